The number of aryl methyl sites for hydroxylation is 1. The summed E-state index contributed by atoms with van der Waals surface area (Å²) >= 11 is 0. The van der Waals surface area contributed by atoms with E-state index in [0.717, 1.165) is 22.4 Å². The van der Waals surface area contributed by atoms with Gasteiger partial charge in [-0.1, -0.05) is 56.3 Å². The minimum atomic E-state index is -0.738. The van der Waals surface area contributed by atoms with Crippen molar-refractivity contribution in [3.8, 4) is 5.75 Å². The highest BCUT2D eigenvalue weighted by Crippen LogP contribution is 2.43. The summed E-state index contributed by atoms with van der Waals surface area (Å²) in [5.41, 5.74) is 3.82. The van der Waals surface area contributed by atoms with Crippen molar-refractivity contribution >= 4 is 23.1 Å². The molecule has 1 amide bonds. The molecule has 1 aliphatic rings. The van der Waals surface area contributed by atoms with Gasteiger partial charge in [0.05, 0.1) is 18.2 Å². The lowest BCUT2D eigenvalue weighted by Gasteiger charge is -2.26. The van der Waals surface area contributed by atoms with Gasteiger partial charge in [0, 0.05) is 11.3 Å². The van der Waals surface area contributed by atoms with Crippen LogP contribution in [0.5, 0.6) is 5.75 Å². The van der Waals surface area contributed by atoms with E-state index in [-0.39, 0.29) is 17.3 Å². The van der Waals surface area contributed by atoms with Crippen molar-refractivity contribution < 1.29 is 19.4 Å². The van der Waals surface area contributed by atoms with Crippen LogP contribution in [0.3, 0.4) is 0 Å². The molecule has 0 aliphatic carbocycles. The molecule has 174 valence electrons. The molecule has 0 bridgehead atoms. The van der Waals surface area contributed by atoms with Crippen molar-refractivity contribution in [3.05, 3.63) is 101 Å². The van der Waals surface area contributed by atoms with E-state index < -0.39 is 17.7 Å². The standard InChI is InChI=1S/C29H29NO4/c1-5-34-24-16-15-20(17-23(24)18(2)3)27(31)25-26(22-14-10-9-11-19(22)4)30(29(33)28(25)32)21-12-7-6-8-13-21/h6-18,26,31H,5H2,1-4H3/b27-25+. The van der Waals surface area contributed by atoms with Crippen molar-refractivity contribution in [2.24, 2.45) is 0 Å². The molecule has 3 aromatic carbocycles. The predicted molar refractivity (Wildman–Crippen MR) is 134 cm³/mol. The number of hydrogen-bond acceptors (Lipinski definition) is 4. The monoisotopic (exact) mass is 455 g/mol. The Morgan fingerprint density at radius 2 is 1.68 bits per heavy atom. The van der Waals surface area contributed by atoms with Gasteiger partial charge in [-0.3, -0.25) is 14.5 Å². The van der Waals surface area contributed by atoms with Crippen LogP contribution in [0.2, 0.25) is 0 Å². The Hall–Kier alpha value is -3.86. The fraction of sp³-hybridized carbons (Fsp3) is 0.241. The zero-order chi connectivity index (χ0) is 24.4. The minimum absolute atomic E-state index is 0.0852. The first-order valence-electron chi connectivity index (χ1n) is 11.5. The molecule has 0 spiro atoms. The molecule has 0 aromatic heterocycles. The molecular formula is C29H29NO4. The van der Waals surface area contributed by atoms with Gasteiger partial charge in [0.2, 0.25) is 0 Å². The second-order valence-electron chi connectivity index (χ2n) is 8.70. The first-order valence-corrected chi connectivity index (χ1v) is 11.5. The summed E-state index contributed by atoms with van der Waals surface area (Å²) in [4.78, 5) is 28.1. The van der Waals surface area contributed by atoms with Gasteiger partial charge >= 0.3 is 0 Å². The maximum absolute atomic E-state index is 13.4. The molecule has 1 N–H and O–H groups in total. The number of Topliss-reactive ketones (excluding diaryl/α,β-unsaturated/α-hetero) is 1. The zero-order valence-corrected chi connectivity index (χ0v) is 19.9. The number of ketones is 1. The van der Waals surface area contributed by atoms with E-state index in [1.165, 1.54) is 4.90 Å². The SMILES string of the molecule is CCOc1ccc(/C(O)=C2\C(=O)C(=O)N(c3ccccc3)C2c2ccccc2C)cc1C(C)C. The van der Waals surface area contributed by atoms with Gasteiger partial charge in [-0.25, -0.2) is 0 Å². The fourth-order valence-electron chi connectivity index (χ4n) is 4.46. The van der Waals surface area contributed by atoms with Gasteiger partial charge in [-0.2, -0.15) is 0 Å². The number of rotatable bonds is 6. The second-order valence-corrected chi connectivity index (χ2v) is 8.70. The highest BCUT2D eigenvalue weighted by molar-refractivity contribution is 6.51. The Labute approximate surface area is 200 Å². The molecule has 1 saturated heterocycles. The Morgan fingerprint density at radius 3 is 2.32 bits per heavy atom. The Bertz CT molecular complexity index is 1260. The molecule has 5 heteroatoms. The highest BCUT2D eigenvalue weighted by Gasteiger charge is 2.47. The molecular weight excluding hydrogens is 426 g/mol. The van der Waals surface area contributed by atoms with Crippen molar-refractivity contribution in [2.75, 3.05) is 11.5 Å². The van der Waals surface area contributed by atoms with Gasteiger partial charge in [0.1, 0.15) is 11.5 Å². The van der Waals surface area contributed by atoms with E-state index in [0.29, 0.717) is 17.9 Å². The molecule has 4 rings (SSSR count). The van der Waals surface area contributed by atoms with Gasteiger partial charge in [-0.15, -0.1) is 0 Å². The first kappa shape index (κ1) is 23.3. The average molecular weight is 456 g/mol. The summed E-state index contributed by atoms with van der Waals surface area (Å²) in [6.45, 7) is 8.48. The van der Waals surface area contributed by atoms with Crippen LogP contribution >= 0.6 is 0 Å². The molecule has 0 saturated carbocycles. The van der Waals surface area contributed by atoms with Crippen molar-refractivity contribution in [3.63, 3.8) is 0 Å². The molecule has 1 aliphatic heterocycles. The third-order valence-corrected chi connectivity index (χ3v) is 6.17. The normalized spacial score (nSPS) is 17.4. The van der Waals surface area contributed by atoms with E-state index in [4.69, 9.17) is 4.74 Å². The smallest absolute Gasteiger partial charge is 0.300 e. The summed E-state index contributed by atoms with van der Waals surface area (Å²) in [5.74, 6) is -0.650. The highest BCUT2D eigenvalue weighted by atomic mass is 16.5. The molecule has 1 heterocycles. The summed E-state index contributed by atoms with van der Waals surface area (Å²) in [6, 6.07) is 21.4. The average Bonchev–Trinajstić information content (AvgIpc) is 3.10. The van der Waals surface area contributed by atoms with Gasteiger partial charge in [-0.05, 0) is 66.8 Å². The van der Waals surface area contributed by atoms with Crippen LogP contribution in [0.4, 0.5) is 5.69 Å². The zero-order valence-electron chi connectivity index (χ0n) is 19.9. The van der Waals surface area contributed by atoms with E-state index in [2.05, 4.69) is 0 Å². The number of anilines is 1. The van der Waals surface area contributed by atoms with Crippen LogP contribution in [0.15, 0.2) is 78.4 Å². The number of ether oxygens (including phenoxy) is 1. The van der Waals surface area contributed by atoms with E-state index in [1.54, 1.807) is 18.2 Å². The van der Waals surface area contributed by atoms with Crippen LogP contribution in [0, 0.1) is 6.92 Å². The minimum Gasteiger partial charge on any atom is -0.507 e. The molecule has 1 atom stereocenters. The molecule has 3 aromatic rings. The molecule has 0 radical (unpaired) electrons. The number of aliphatic hydroxyl groups is 1. The van der Waals surface area contributed by atoms with E-state index in [1.807, 2.05) is 82.3 Å². The number of para-hydroxylation sites is 1. The van der Waals surface area contributed by atoms with Crippen molar-refractivity contribution in [1.29, 1.82) is 0 Å². The Kier molecular flexibility index (Phi) is 6.55. The topological polar surface area (TPSA) is 66.8 Å². The van der Waals surface area contributed by atoms with E-state index >= 15 is 0 Å². The number of benzene rings is 3. The summed E-state index contributed by atoms with van der Waals surface area (Å²) in [7, 11) is 0. The van der Waals surface area contributed by atoms with Crippen molar-refractivity contribution in [2.45, 2.75) is 39.7 Å². The summed E-state index contributed by atoms with van der Waals surface area (Å²) in [5, 5.41) is 11.5. The number of carbonyl (C=O) groups is 2. The summed E-state index contributed by atoms with van der Waals surface area (Å²) < 4.78 is 5.75. The summed E-state index contributed by atoms with van der Waals surface area (Å²) in [6.07, 6.45) is 0. The van der Waals surface area contributed by atoms with Crippen LogP contribution in [0.25, 0.3) is 5.76 Å². The molecule has 1 unspecified atom stereocenters. The predicted octanol–water partition coefficient (Wildman–Crippen LogP) is 6.14. The fourth-order valence-corrected chi connectivity index (χ4v) is 4.46. The number of hydrogen-bond donors (Lipinski definition) is 1. The lowest BCUT2D eigenvalue weighted by atomic mass is 9.91. The Morgan fingerprint density at radius 1 is 1.00 bits per heavy atom. The lowest BCUT2D eigenvalue weighted by Crippen LogP contribution is -2.29. The first-order chi connectivity index (χ1) is 16.3. The maximum Gasteiger partial charge on any atom is 0.300 e. The van der Waals surface area contributed by atoms with Crippen LogP contribution < -0.4 is 9.64 Å². The maximum atomic E-state index is 13.4. The van der Waals surface area contributed by atoms with Gasteiger partial charge in [0.25, 0.3) is 11.7 Å². The lowest BCUT2D eigenvalue weighted by molar-refractivity contribution is -0.132. The molecule has 1 fully saturated rings. The van der Waals surface area contributed by atoms with Crippen molar-refractivity contribution in [1.82, 2.24) is 0 Å². The number of carbonyl (C=O) groups excluding carboxylic acids is 2. The largest absolute Gasteiger partial charge is 0.507 e. The number of aliphatic hydroxyl groups excluding tert-OH is 1. The Balaban J connectivity index is 1.94. The van der Waals surface area contributed by atoms with Crippen LogP contribution in [-0.4, -0.2) is 23.4 Å². The molecule has 5 nitrogen and oxygen atoms in total. The number of amides is 1. The number of nitrogens with zero attached hydrogens (tertiary/aromatic N) is 1. The van der Waals surface area contributed by atoms with Gasteiger partial charge in [0.15, 0.2) is 0 Å². The van der Waals surface area contributed by atoms with Crippen LogP contribution in [0.1, 0.15) is 55.0 Å². The van der Waals surface area contributed by atoms with Gasteiger partial charge < -0.3 is 9.84 Å². The second kappa shape index (κ2) is 9.56. The third-order valence-electron chi connectivity index (χ3n) is 6.17. The third kappa shape index (κ3) is 4.10. The quantitative estimate of drug-likeness (QED) is 0.275. The van der Waals surface area contributed by atoms with Crippen LogP contribution in [-0.2, 0) is 9.59 Å². The molecule has 34 heavy (non-hydrogen) atoms. The van der Waals surface area contributed by atoms with E-state index in [9.17, 15) is 14.7 Å².